The molecule has 98 valence electrons. The molecule has 2 nitrogen and oxygen atoms in total. The van der Waals surface area contributed by atoms with Gasteiger partial charge >= 0.3 is 0 Å². The Morgan fingerprint density at radius 1 is 1.39 bits per heavy atom. The molecule has 0 radical (unpaired) electrons. The normalized spacial score (nSPS) is 18.2. The molecule has 2 rings (SSSR count). The molecule has 0 saturated carbocycles. The second kappa shape index (κ2) is 4.38. The maximum absolute atomic E-state index is 13.6. The summed E-state index contributed by atoms with van der Waals surface area (Å²) in [5.74, 6) is -0.379. The van der Waals surface area contributed by atoms with E-state index in [4.69, 9.17) is 0 Å². The highest BCUT2D eigenvalue weighted by molar-refractivity contribution is 6.00. The third-order valence-corrected chi connectivity index (χ3v) is 3.67. The van der Waals surface area contributed by atoms with Gasteiger partial charge < -0.3 is 4.90 Å². The molecule has 1 aliphatic heterocycles. The molecule has 18 heavy (non-hydrogen) atoms. The average molecular weight is 249 g/mol. The molecule has 0 bridgehead atoms. The Bertz CT molecular complexity index is 494. The van der Waals surface area contributed by atoms with Crippen LogP contribution in [-0.2, 0) is 0 Å². The number of carbonyl (C=O) groups is 1. The fourth-order valence-corrected chi connectivity index (χ4v) is 2.53. The SMILES string of the molecule is CC(=O)c1cc(F)c(C)cc1N1CCC(C)(C)C1. The molecule has 0 spiro atoms. The van der Waals surface area contributed by atoms with Crippen LogP contribution in [0.1, 0.15) is 43.1 Å². The molecule has 1 heterocycles. The molecule has 1 aliphatic rings. The Kier molecular flexibility index (Phi) is 3.18. The van der Waals surface area contributed by atoms with Crippen molar-refractivity contribution in [1.82, 2.24) is 0 Å². The number of aryl methyl sites for hydroxylation is 1. The first kappa shape index (κ1) is 13.1. The topological polar surface area (TPSA) is 20.3 Å². The Morgan fingerprint density at radius 3 is 2.56 bits per heavy atom. The van der Waals surface area contributed by atoms with Gasteiger partial charge in [-0.05, 0) is 43.4 Å². The maximum Gasteiger partial charge on any atom is 0.161 e. The van der Waals surface area contributed by atoms with Gasteiger partial charge in [0.1, 0.15) is 5.82 Å². The minimum Gasteiger partial charge on any atom is -0.370 e. The van der Waals surface area contributed by atoms with Crippen LogP contribution in [0.4, 0.5) is 10.1 Å². The van der Waals surface area contributed by atoms with Gasteiger partial charge in [-0.2, -0.15) is 0 Å². The molecular weight excluding hydrogens is 229 g/mol. The van der Waals surface area contributed by atoms with Crippen LogP contribution in [0.2, 0.25) is 0 Å². The van der Waals surface area contributed by atoms with Crippen molar-refractivity contribution in [2.24, 2.45) is 5.41 Å². The van der Waals surface area contributed by atoms with Crippen molar-refractivity contribution in [3.05, 3.63) is 29.1 Å². The number of benzene rings is 1. The standard InChI is InChI=1S/C15H20FNO/c1-10-7-14(12(11(2)18)8-13(10)16)17-6-5-15(3,4)9-17/h7-8H,5-6,9H2,1-4H3. The minimum absolute atomic E-state index is 0.0754. The molecule has 0 amide bonds. The van der Waals surface area contributed by atoms with E-state index in [1.165, 1.54) is 13.0 Å². The largest absolute Gasteiger partial charge is 0.370 e. The number of halogens is 1. The van der Waals surface area contributed by atoms with Gasteiger partial charge in [-0.3, -0.25) is 4.79 Å². The third-order valence-electron chi connectivity index (χ3n) is 3.67. The summed E-state index contributed by atoms with van der Waals surface area (Å²) >= 11 is 0. The van der Waals surface area contributed by atoms with E-state index in [9.17, 15) is 9.18 Å². The lowest BCUT2D eigenvalue weighted by molar-refractivity contribution is 0.101. The molecule has 0 atom stereocenters. The Hall–Kier alpha value is -1.38. The average Bonchev–Trinajstić information content (AvgIpc) is 2.62. The van der Waals surface area contributed by atoms with Crippen molar-refractivity contribution in [3.63, 3.8) is 0 Å². The van der Waals surface area contributed by atoms with Gasteiger partial charge in [-0.1, -0.05) is 13.8 Å². The van der Waals surface area contributed by atoms with E-state index in [0.717, 1.165) is 25.2 Å². The monoisotopic (exact) mass is 249 g/mol. The van der Waals surface area contributed by atoms with Gasteiger partial charge in [0.15, 0.2) is 5.78 Å². The van der Waals surface area contributed by atoms with E-state index in [1.54, 1.807) is 13.0 Å². The van der Waals surface area contributed by atoms with Crippen LogP contribution in [0.3, 0.4) is 0 Å². The lowest BCUT2D eigenvalue weighted by Crippen LogP contribution is -2.24. The van der Waals surface area contributed by atoms with Crippen molar-refractivity contribution in [3.8, 4) is 0 Å². The third kappa shape index (κ3) is 2.40. The van der Waals surface area contributed by atoms with Crippen molar-refractivity contribution < 1.29 is 9.18 Å². The first-order valence-corrected chi connectivity index (χ1v) is 6.36. The smallest absolute Gasteiger partial charge is 0.161 e. The summed E-state index contributed by atoms with van der Waals surface area (Å²) < 4.78 is 13.6. The van der Waals surface area contributed by atoms with E-state index in [1.807, 2.05) is 0 Å². The Morgan fingerprint density at radius 2 is 2.06 bits per heavy atom. The van der Waals surface area contributed by atoms with Crippen LogP contribution in [-0.4, -0.2) is 18.9 Å². The van der Waals surface area contributed by atoms with Crippen LogP contribution in [0.25, 0.3) is 0 Å². The molecular formula is C15H20FNO. The zero-order valence-electron chi connectivity index (χ0n) is 11.5. The molecule has 0 aromatic heterocycles. The van der Waals surface area contributed by atoms with Gasteiger partial charge in [-0.25, -0.2) is 4.39 Å². The summed E-state index contributed by atoms with van der Waals surface area (Å²) in [6, 6.07) is 3.17. The molecule has 0 aliphatic carbocycles. The second-order valence-electron chi connectivity index (χ2n) is 6.01. The molecule has 3 heteroatoms. The molecule has 0 N–H and O–H groups in total. The molecule has 0 unspecified atom stereocenters. The highest BCUT2D eigenvalue weighted by Crippen LogP contribution is 2.35. The van der Waals surface area contributed by atoms with Crippen molar-refractivity contribution in [2.75, 3.05) is 18.0 Å². The predicted octanol–water partition coefficient (Wildman–Crippen LogP) is 3.57. The number of nitrogens with zero attached hydrogens (tertiary/aromatic N) is 1. The number of anilines is 1. The van der Waals surface area contributed by atoms with Crippen molar-refractivity contribution in [2.45, 2.75) is 34.1 Å². The van der Waals surface area contributed by atoms with Crippen LogP contribution >= 0.6 is 0 Å². The minimum atomic E-state index is -0.303. The molecule has 1 fully saturated rings. The van der Waals surface area contributed by atoms with E-state index >= 15 is 0 Å². The van der Waals surface area contributed by atoms with E-state index < -0.39 is 0 Å². The van der Waals surface area contributed by atoms with Gasteiger partial charge in [0.2, 0.25) is 0 Å². The summed E-state index contributed by atoms with van der Waals surface area (Å²) in [4.78, 5) is 13.9. The summed E-state index contributed by atoms with van der Waals surface area (Å²) in [6.07, 6.45) is 1.10. The van der Waals surface area contributed by atoms with Gasteiger partial charge in [0.05, 0.1) is 0 Å². The van der Waals surface area contributed by atoms with Crippen LogP contribution in [0, 0.1) is 18.2 Å². The first-order chi connectivity index (χ1) is 8.30. The fraction of sp³-hybridized carbons (Fsp3) is 0.533. The first-order valence-electron chi connectivity index (χ1n) is 6.36. The van der Waals surface area contributed by atoms with E-state index in [-0.39, 0.29) is 17.0 Å². The Labute approximate surface area is 108 Å². The van der Waals surface area contributed by atoms with E-state index in [2.05, 4.69) is 18.7 Å². The highest BCUT2D eigenvalue weighted by atomic mass is 19.1. The van der Waals surface area contributed by atoms with Gasteiger partial charge in [0.25, 0.3) is 0 Å². The van der Waals surface area contributed by atoms with Crippen LogP contribution < -0.4 is 4.90 Å². The highest BCUT2D eigenvalue weighted by Gasteiger charge is 2.31. The van der Waals surface area contributed by atoms with E-state index in [0.29, 0.717) is 11.1 Å². The van der Waals surface area contributed by atoms with Gasteiger partial charge in [-0.15, -0.1) is 0 Å². The zero-order valence-corrected chi connectivity index (χ0v) is 11.5. The quantitative estimate of drug-likeness (QED) is 0.747. The Balaban J connectivity index is 2.44. The lowest BCUT2D eigenvalue weighted by atomic mass is 9.93. The summed E-state index contributed by atoms with van der Waals surface area (Å²) in [7, 11) is 0. The molecule has 1 aromatic rings. The van der Waals surface area contributed by atoms with Gasteiger partial charge in [0, 0.05) is 24.3 Å². The number of Topliss-reactive ketones (excluding diaryl/α,β-unsaturated/α-hetero) is 1. The van der Waals surface area contributed by atoms with Crippen LogP contribution in [0.15, 0.2) is 12.1 Å². The zero-order chi connectivity index (χ0) is 13.5. The number of hydrogen-bond acceptors (Lipinski definition) is 2. The molecule has 1 saturated heterocycles. The number of carbonyl (C=O) groups excluding carboxylic acids is 1. The summed E-state index contributed by atoms with van der Waals surface area (Å²) in [6.45, 7) is 9.52. The predicted molar refractivity (Wildman–Crippen MR) is 71.8 cm³/mol. The maximum atomic E-state index is 13.6. The fourth-order valence-electron chi connectivity index (χ4n) is 2.53. The van der Waals surface area contributed by atoms with Crippen LogP contribution in [0.5, 0.6) is 0 Å². The van der Waals surface area contributed by atoms with Crippen molar-refractivity contribution >= 4 is 11.5 Å². The number of rotatable bonds is 2. The van der Waals surface area contributed by atoms with Crippen molar-refractivity contribution in [1.29, 1.82) is 0 Å². The summed E-state index contributed by atoms with van der Waals surface area (Å²) in [5, 5.41) is 0. The summed E-state index contributed by atoms with van der Waals surface area (Å²) in [5.41, 5.74) is 2.23. The number of ketones is 1. The second-order valence-corrected chi connectivity index (χ2v) is 6.01. The molecule has 1 aromatic carbocycles. The lowest BCUT2D eigenvalue weighted by Gasteiger charge is -2.24. The number of hydrogen-bond donors (Lipinski definition) is 0.